The van der Waals surface area contributed by atoms with Crippen LogP contribution in [0.2, 0.25) is 0 Å². The quantitative estimate of drug-likeness (QED) is 0.371. The summed E-state index contributed by atoms with van der Waals surface area (Å²) >= 11 is 0. The Balaban J connectivity index is 1.37. The third kappa shape index (κ3) is 5.63. The standard InChI is InChI=1S/C26H28N4O3/c1-17(15-33-25-14-23-22(29-18(2)30-23)13-24(25)27-16-31)28-26(32)21-10-6-9-20(12-21)11-19-7-4-3-5-8-19/h3-10,12-14,16-18,29-30H,11,15H2,1-2H3,(H,27,31)(H,28,32)/t17-,18?/m1/s1. The van der Waals surface area contributed by atoms with Gasteiger partial charge < -0.3 is 26.0 Å². The van der Waals surface area contributed by atoms with Crippen molar-refractivity contribution in [1.29, 1.82) is 0 Å². The number of anilines is 3. The van der Waals surface area contributed by atoms with Crippen LogP contribution in [0.15, 0.2) is 66.7 Å². The lowest BCUT2D eigenvalue weighted by Crippen LogP contribution is -2.36. The average molecular weight is 445 g/mol. The van der Waals surface area contributed by atoms with Crippen LogP contribution in [0.25, 0.3) is 0 Å². The highest BCUT2D eigenvalue weighted by molar-refractivity contribution is 5.94. The molecule has 0 bridgehead atoms. The van der Waals surface area contributed by atoms with E-state index in [0.717, 1.165) is 23.4 Å². The molecular formula is C26H28N4O3. The van der Waals surface area contributed by atoms with Gasteiger partial charge in [-0.15, -0.1) is 0 Å². The molecule has 0 spiro atoms. The van der Waals surface area contributed by atoms with E-state index in [0.29, 0.717) is 23.4 Å². The summed E-state index contributed by atoms with van der Waals surface area (Å²) in [4.78, 5) is 23.8. The van der Waals surface area contributed by atoms with Crippen LogP contribution in [0, 0.1) is 0 Å². The SMILES string of the molecule is CC1Nc2cc(NC=O)c(OC[C@@H](C)NC(=O)c3cccc(Cc4ccccc4)c3)cc2N1. The van der Waals surface area contributed by atoms with Gasteiger partial charge in [0.2, 0.25) is 6.41 Å². The molecule has 0 fully saturated rings. The maximum absolute atomic E-state index is 12.8. The highest BCUT2D eigenvalue weighted by Gasteiger charge is 2.20. The van der Waals surface area contributed by atoms with E-state index in [2.05, 4.69) is 33.4 Å². The first-order chi connectivity index (χ1) is 16.0. The van der Waals surface area contributed by atoms with E-state index in [1.165, 1.54) is 5.56 Å². The molecule has 2 amide bonds. The Morgan fingerprint density at radius 1 is 1.03 bits per heavy atom. The number of amides is 2. The van der Waals surface area contributed by atoms with Gasteiger partial charge >= 0.3 is 0 Å². The van der Waals surface area contributed by atoms with E-state index in [-0.39, 0.29) is 24.7 Å². The van der Waals surface area contributed by atoms with E-state index in [1.54, 1.807) is 0 Å². The molecule has 3 aromatic carbocycles. The Morgan fingerprint density at radius 3 is 2.52 bits per heavy atom. The smallest absolute Gasteiger partial charge is 0.251 e. The van der Waals surface area contributed by atoms with Gasteiger partial charge in [0.15, 0.2) is 0 Å². The number of nitrogens with one attached hydrogen (secondary N) is 4. The van der Waals surface area contributed by atoms with Crippen LogP contribution in [0.5, 0.6) is 5.75 Å². The molecule has 7 heteroatoms. The van der Waals surface area contributed by atoms with E-state index >= 15 is 0 Å². The van der Waals surface area contributed by atoms with E-state index in [9.17, 15) is 9.59 Å². The molecule has 0 aliphatic carbocycles. The fourth-order valence-electron chi connectivity index (χ4n) is 3.83. The molecule has 33 heavy (non-hydrogen) atoms. The van der Waals surface area contributed by atoms with Crippen LogP contribution in [-0.4, -0.2) is 31.1 Å². The summed E-state index contributed by atoms with van der Waals surface area (Å²) in [6.45, 7) is 4.14. The molecule has 1 aliphatic rings. The molecule has 170 valence electrons. The Hall–Kier alpha value is -4.00. The van der Waals surface area contributed by atoms with Crippen LogP contribution >= 0.6 is 0 Å². The van der Waals surface area contributed by atoms with Crippen LogP contribution in [0.4, 0.5) is 17.1 Å². The molecule has 2 atom stereocenters. The summed E-state index contributed by atoms with van der Waals surface area (Å²) in [6, 6.07) is 21.3. The molecule has 1 heterocycles. The average Bonchev–Trinajstić information content (AvgIpc) is 3.17. The van der Waals surface area contributed by atoms with Crippen molar-refractivity contribution in [2.24, 2.45) is 0 Å². The number of ether oxygens (including phenoxy) is 1. The van der Waals surface area contributed by atoms with Gasteiger partial charge in [-0.3, -0.25) is 9.59 Å². The van der Waals surface area contributed by atoms with Crippen LogP contribution in [-0.2, 0) is 11.2 Å². The highest BCUT2D eigenvalue weighted by Crippen LogP contribution is 2.38. The Labute approximate surface area is 193 Å². The molecule has 4 N–H and O–H groups in total. The molecular weight excluding hydrogens is 416 g/mol. The van der Waals surface area contributed by atoms with Crippen LogP contribution in [0.1, 0.15) is 35.3 Å². The molecule has 1 unspecified atom stereocenters. The van der Waals surface area contributed by atoms with Crippen molar-refractivity contribution < 1.29 is 14.3 Å². The van der Waals surface area contributed by atoms with Gasteiger partial charge in [0.25, 0.3) is 5.91 Å². The molecule has 4 rings (SSSR count). The summed E-state index contributed by atoms with van der Waals surface area (Å²) in [5, 5.41) is 12.2. The summed E-state index contributed by atoms with van der Waals surface area (Å²) in [6.07, 6.45) is 1.48. The fourth-order valence-corrected chi connectivity index (χ4v) is 3.83. The van der Waals surface area contributed by atoms with Crippen LogP contribution < -0.4 is 26.0 Å². The van der Waals surface area contributed by atoms with E-state index in [4.69, 9.17) is 4.74 Å². The minimum absolute atomic E-state index is 0.0928. The lowest BCUT2D eigenvalue weighted by molar-refractivity contribution is -0.105. The minimum Gasteiger partial charge on any atom is -0.489 e. The monoisotopic (exact) mass is 444 g/mol. The zero-order chi connectivity index (χ0) is 23.2. The van der Waals surface area contributed by atoms with Gasteiger partial charge in [-0.25, -0.2) is 0 Å². The van der Waals surface area contributed by atoms with Crippen molar-refractivity contribution in [3.8, 4) is 5.75 Å². The maximum Gasteiger partial charge on any atom is 0.251 e. The van der Waals surface area contributed by atoms with Gasteiger partial charge in [-0.05, 0) is 49.6 Å². The number of carbonyl (C=O) groups excluding carboxylic acids is 2. The number of fused-ring (bicyclic) bond motifs is 1. The summed E-state index contributed by atoms with van der Waals surface area (Å²) in [5.41, 5.74) is 5.26. The zero-order valence-electron chi connectivity index (χ0n) is 18.7. The zero-order valence-corrected chi connectivity index (χ0v) is 18.7. The molecule has 0 saturated carbocycles. The molecule has 1 aliphatic heterocycles. The molecule has 0 radical (unpaired) electrons. The van der Waals surface area contributed by atoms with E-state index in [1.807, 2.05) is 68.4 Å². The number of carbonyl (C=O) groups is 2. The summed E-state index contributed by atoms with van der Waals surface area (Å²) in [5.74, 6) is 0.385. The minimum atomic E-state index is -0.238. The first kappa shape index (κ1) is 22.2. The largest absolute Gasteiger partial charge is 0.489 e. The number of hydrogen-bond acceptors (Lipinski definition) is 5. The van der Waals surface area contributed by atoms with Crippen molar-refractivity contribution in [3.63, 3.8) is 0 Å². The topological polar surface area (TPSA) is 91.5 Å². The number of benzene rings is 3. The molecule has 3 aromatic rings. The Bertz CT molecular complexity index is 1130. The van der Waals surface area contributed by atoms with Crippen molar-refractivity contribution in [2.75, 3.05) is 22.6 Å². The van der Waals surface area contributed by atoms with Gasteiger partial charge in [-0.1, -0.05) is 42.5 Å². The molecule has 0 aromatic heterocycles. The lowest BCUT2D eigenvalue weighted by atomic mass is 10.0. The molecule has 0 saturated heterocycles. The predicted molar refractivity (Wildman–Crippen MR) is 131 cm³/mol. The second-order valence-electron chi connectivity index (χ2n) is 8.21. The Kier molecular flexibility index (Phi) is 6.78. The van der Waals surface area contributed by atoms with Gasteiger partial charge in [0.1, 0.15) is 12.4 Å². The highest BCUT2D eigenvalue weighted by atomic mass is 16.5. The third-order valence-corrected chi connectivity index (χ3v) is 5.38. The second kappa shape index (κ2) is 10.1. The first-order valence-corrected chi connectivity index (χ1v) is 11.0. The molecule has 7 nitrogen and oxygen atoms in total. The van der Waals surface area contributed by atoms with Crippen LogP contribution in [0.3, 0.4) is 0 Å². The van der Waals surface area contributed by atoms with Gasteiger partial charge in [-0.2, -0.15) is 0 Å². The maximum atomic E-state index is 12.8. The summed E-state index contributed by atoms with van der Waals surface area (Å²) in [7, 11) is 0. The third-order valence-electron chi connectivity index (χ3n) is 5.38. The number of rotatable bonds is 9. The first-order valence-electron chi connectivity index (χ1n) is 11.0. The predicted octanol–water partition coefficient (Wildman–Crippen LogP) is 4.23. The van der Waals surface area contributed by atoms with Crippen molar-refractivity contribution in [1.82, 2.24) is 5.32 Å². The summed E-state index contributed by atoms with van der Waals surface area (Å²) < 4.78 is 5.95. The van der Waals surface area contributed by atoms with E-state index < -0.39 is 0 Å². The van der Waals surface area contributed by atoms with Crippen molar-refractivity contribution in [3.05, 3.63) is 83.4 Å². The Morgan fingerprint density at radius 2 is 1.76 bits per heavy atom. The fraction of sp³-hybridized carbons (Fsp3) is 0.231. The lowest BCUT2D eigenvalue weighted by Gasteiger charge is -2.18. The van der Waals surface area contributed by atoms with Crippen molar-refractivity contribution >= 4 is 29.4 Å². The van der Waals surface area contributed by atoms with Gasteiger partial charge in [0, 0.05) is 11.6 Å². The normalized spacial score (nSPS) is 14.9. The van der Waals surface area contributed by atoms with Gasteiger partial charge in [0.05, 0.1) is 29.3 Å². The van der Waals surface area contributed by atoms with Crippen molar-refractivity contribution in [2.45, 2.75) is 32.5 Å². The number of hydrogen-bond donors (Lipinski definition) is 4. The second-order valence-corrected chi connectivity index (χ2v) is 8.21.